The second-order valence-corrected chi connectivity index (χ2v) is 7.17. The van der Waals surface area contributed by atoms with E-state index in [-0.39, 0.29) is 5.92 Å². The van der Waals surface area contributed by atoms with Gasteiger partial charge in [-0.25, -0.2) is 4.79 Å². The van der Waals surface area contributed by atoms with Crippen LogP contribution < -0.4 is 0 Å². The molecule has 6 heteroatoms. The van der Waals surface area contributed by atoms with Crippen LogP contribution in [0.3, 0.4) is 0 Å². The van der Waals surface area contributed by atoms with Crippen molar-refractivity contribution in [3.05, 3.63) is 101 Å². The van der Waals surface area contributed by atoms with Crippen molar-refractivity contribution in [3.8, 4) is 11.5 Å². The van der Waals surface area contributed by atoms with Crippen LogP contribution in [0.5, 0.6) is 0 Å². The Morgan fingerprint density at radius 3 is 2.13 bits per heavy atom. The molecule has 4 aromatic rings. The molecule has 2 heterocycles. The fourth-order valence-corrected chi connectivity index (χ4v) is 3.59. The van der Waals surface area contributed by atoms with E-state index in [1.165, 1.54) is 0 Å². The highest BCUT2D eigenvalue weighted by atomic mass is 16.5. The summed E-state index contributed by atoms with van der Waals surface area (Å²) < 4.78 is 11.3. The molecular formula is C25H23N3O3. The summed E-state index contributed by atoms with van der Waals surface area (Å²) in [5, 5.41) is 8.65. The molecule has 2 aromatic heterocycles. The Labute approximate surface area is 180 Å². The smallest absolute Gasteiger partial charge is 0.339 e. The summed E-state index contributed by atoms with van der Waals surface area (Å²) in [7, 11) is 0. The molecule has 0 aliphatic rings. The Bertz CT molecular complexity index is 1150. The molecule has 0 N–H and O–H groups in total. The molecule has 0 aliphatic carbocycles. The average molecular weight is 413 g/mol. The predicted octanol–water partition coefficient (Wildman–Crippen LogP) is 5.11. The molecule has 0 unspecified atom stereocenters. The minimum Gasteiger partial charge on any atom is -0.462 e. The van der Waals surface area contributed by atoms with Crippen LogP contribution in [-0.4, -0.2) is 27.8 Å². The third kappa shape index (κ3) is 4.23. The number of nitrogens with zero attached hydrogens (tertiary/aromatic N) is 3. The highest BCUT2D eigenvalue weighted by Crippen LogP contribution is 2.33. The molecule has 0 amide bonds. The minimum atomic E-state index is -0.417. The maximum atomic E-state index is 12.3. The van der Waals surface area contributed by atoms with E-state index in [4.69, 9.17) is 9.15 Å². The normalized spacial score (nSPS) is 11.0. The Morgan fingerprint density at radius 2 is 1.55 bits per heavy atom. The van der Waals surface area contributed by atoms with Crippen LogP contribution in [0, 0.1) is 13.8 Å². The second kappa shape index (κ2) is 8.92. The van der Waals surface area contributed by atoms with Gasteiger partial charge in [-0.2, -0.15) is 0 Å². The molecule has 0 aliphatic heterocycles. The Morgan fingerprint density at radius 1 is 0.935 bits per heavy atom. The first kappa shape index (κ1) is 20.5. The first-order valence-corrected chi connectivity index (χ1v) is 10.2. The first-order chi connectivity index (χ1) is 15.1. The van der Waals surface area contributed by atoms with E-state index in [9.17, 15) is 4.79 Å². The number of hydrogen-bond donors (Lipinski definition) is 0. The standard InChI is InChI=1S/C25H23N3O3/c1-4-30-25(29)21-15-20(16(2)26-17(21)3)23-27-28-24(31-23)22(18-11-7-5-8-12-18)19-13-9-6-10-14-19/h5-15,22H,4H2,1-3H3. The van der Waals surface area contributed by atoms with Crippen molar-refractivity contribution in [1.29, 1.82) is 0 Å². The lowest BCUT2D eigenvalue weighted by atomic mass is 9.91. The van der Waals surface area contributed by atoms with Crippen LogP contribution in [0.15, 0.2) is 71.1 Å². The Kier molecular flexibility index (Phi) is 5.89. The van der Waals surface area contributed by atoms with Gasteiger partial charge in [-0.1, -0.05) is 60.7 Å². The van der Waals surface area contributed by atoms with Gasteiger partial charge in [0.15, 0.2) is 0 Å². The van der Waals surface area contributed by atoms with Crippen molar-refractivity contribution in [3.63, 3.8) is 0 Å². The molecular weight excluding hydrogens is 390 g/mol. The van der Waals surface area contributed by atoms with Crippen molar-refractivity contribution >= 4 is 5.97 Å². The average Bonchev–Trinajstić information content (AvgIpc) is 3.25. The number of esters is 1. The lowest BCUT2D eigenvalue weighted by Crippen LogP contribution is -2.09. The molecule has 156 valence electrons. The summed E-state index contributed by atoms with van der Waals surface area (Å²) in [6.07, 6.45) is 0. The van der Waals surface area contributed by atoms with E-state index in [0.29, 0.717) is 40.9 Å². The van der Waals surface area contributed by atoms with Gasteiger partial charge in [-0.15, -0.1) is 10.2 Å². The molecule has 0 atom stereocenters. The fourth-order valence-electron chi connectivity index (χ4n) is 3.59. The Hall–Kier alpha value is -3.80. The van der Waals surface area contributed by atoms with Crippen LogP contribution in [-0.2, 0) is 4.74 Å². The van der Waals surface area contributed by atoms with Gasteiger partial charge in [0.2, 0.25) is 11.8 Å². The largest absolute Gasteiger partial charge is 0.462 e. The minimum absolute atomic E-state index is 0.202. The summed E-state index contributed by atoms with van der Waals surface area (Å²) >= 11 is 0. The Balaban J connectivity index is 1.78. The van der Waals surface area contributed by atoms with Gasteiger partial charge in [0.1, 0.15) is 0 Å². The van der Waals surface area contributed by atoms with Crippen molar-refractivity contribution in [1.82, 2.24) is 15.2 Å². The zero-order valence-corrected chi connectivity index (χ0v) is 17.7. The number of carbonyl (C=O) groups excluding carboxylic acids is 1. The number of pyridine rings is 1. The zero-order valence-electron chi connectivity index (χ0n) is 17.7. The summed E-state index contributed by atoms with van der Waals surface area (Å²) in [6, 6.07) is 21.8. The monoisotopic (exact) mass is 413 g/mol. The zero-order chi connectivity index (χ0) is 21.8. The molecule has 0 radical (unpaired) electrons. The van der Waals surface area contributed by atoms with Crippen LogP contribution in [0.25, 0.3) is 11.5 Å². The highest BCUT2D eigenvalue weighted by molar-refractivity contribution is 5.92. The van der Waals surface area contributed by atoms with Crippen LogP contribution in [0.1, 0.15) is 51.6 Å². The van der Waals surface area contributed by atoms with Crippen LogP contribution in [0.4, 0.5) is 0 Å². The van der Waals surface area contributed by atoms with Gasteiger partial charge >= 0.3 is 5.97 Å². The number of rotatable bonds is 6. The highest BCUT2D eigenvalue weighted by Gasteiger charge is 2.25. The maximum Gasteiger partial charge on any atom is 0.339 e. The van der Waals surface area contributed by atoms with Gasteiger partial charge in [-0.05, 0) is 38.0 Å². The molecule has 0 saturated carbocycles. The summed E-state index contributed by atoms with van der Waals surface area (Å²) in [6.45, 7) is 5.70. The molecule has 31 heavy (non-hydrogen) atoms. The van der Waals surface area contributed by atoms with E-state index in [2.05, 4.69) is 15.2 Å². The summed E-state index contributed by atoms with van der Waals surface area (Å²) in [4.78, 5) is 16.8. The van der Waals surface area contributed by atoms with Gasteiger partial charge in [0.25, 0.3) is 0 Å². The summed E-state index contributed by atoms with van der Waals surface area (Å²) in [5.41, 5.74) is 4.42. The third-order valence-corrected chi connectivity index (χ3v) is 5.08. The van der Waals surface area contributed by atoms with E-state index < -0.39 is 5.97 Å². The van der Waals surface area contributed by atoms with Gasteiger partial charge < -0.3 is 9.15 Å². The number of carbonyl (C=O) groups is 1. The first-order valence-electron chi connectivity index (χ1n) is 10.2. The van der Waals surface area contributed by atoms with E-state index in [1.807, 2.05) is 67.6 Å². The fraction of sp³-hybridized carbons (Fsp3) is 0.200. The quantitative estimate of drug-likeness (QED) is 0.409. The van der Waals surface area contributed by atoms with Crippen LogP contribution >= 0.6 is 0 Å². The van der Waals surface area contributed by atoms with Crippen molar-refractivity contribution in [2.45, 2.75) is 26.7 Å². The third-order valence-electron chi connectivity index (χ3n) is 5.08. The SMILES string of the molecule is CCOC(=O)c1cc(-c2nnc(C(c3ccccc3)c3ccccc3)o2)c(C)nc1C. The molecule has 0 fully saturated rings. The number of aryl methyl sites for hydroxylation is 2. The molecule has 0 spiro atoms. The van der Waals surface area contributed by atoms with E-state index in [1.54, 1.807) is 19.9 Å². The topological polar surface area (TPSA) is 78.1 Å². The molecule has 2 aromatic carbocycles. The number of benzene rings is 2. The molecule has 0 saturated heterocycles. The number of hydrogen-bond acceptors (Lipinski definition) is 6. The lowest BCUT2D eigenvalue weighted by Gasteiger charge is -2.14. The van der Waals surface area contributed by atoms with Crippen LogP contribution in [0.2, 0.25) is 0 Å². The molecule has 4 rings (SSSR count). The molecule has 0 bridgehead atoms. The lowest BCUT2D eigenvalue weighted by molar-refractivity contribution is 0.0525. The predicted molar refractivity (Wildman–Crippen MR) is 117 cm³/mol. The second-order valence-electron chi connectivity index (χ2n) is 7.17. The van der Waals surface area contributed by atoms with Gasteiger partial charge in [-0.3, -0.25) is 4.98 Å². The summed E-state index contributed by atoms with van der Waals surface area (Å²) in [5.74, 6) is 0.180. The van der Waals surface area contributed by atoms with Crippen molar-refractivity contribution < 1.29 is 13.9 Å². The molecule has 6 nitrogen and oxygen atoms in total. The van der Waals surface area contributed by atoms with Crippen molar-refractivity contribution in [2.24, 2.45) is 0 Å². The van der Waals surface area contributed by atoms with Gasteiger partial charge in [0.05, 0.1) is 35.0 Å². The number of ether oxygens (including phenoxy) is 1. The number of aromatic nitrogens is 3. The van der Waals surface area contributed by atoms with E-state index >= 15 is 0 Å². The van der Waals surface area contributed by atoms with E-state index in [0.717, 1.165) is 11.1 Å². The maximum absolute atomic E-state index is 12.3. The van der Waals surface area contributed by atoms with Crippen molar-refractivity contribution in [2.75, 3.05) is 6.61 Å². The van der Waals surface area contributed by atoms with Gasteiger partial charge in [0, 0.05) is 0 Å².